The molecular formula is C9H11IO4. The van der Waals surface area contributed by atoms with Gasteiger partial charge < -0.3 is 18.4 Å². The Labute approximate surface area is 95.8 Å². The van der Waals surface area contributed by atoms with Crippen LogP contribution in [-0.4, -0.2) is 15.3 Å². The normalized spacial score (nSPS) is 10.6. The SMILES string of the molecule is CC(C)c1c(O)cc(O)c(OI)c1O. The van der Waals surface area contributed by atoms with Crippen LogP contribution in [0.5, 0.6) is 23.0 Å². The van der Waals surface area contributed by atoms with Crippen molar-refractivity contribution in [3.05, 3.63) is 11.6 Å². The molecule has 0 aliphatic rings. The van der Waals surface area contributed by atoms with Crippen molar-refractivity contribution in [3.63, 3.8) is 0 Å². The van der Waals surface area contributed by atoms with Gasteiger partial charge in [0.2, 0.25) is 5.75 Å². The summed E-state index contributed by atoms with van der Waals surface area (Å²) in [5.41, 5.74) is 0.370. The monoisotopic (exact) mass is 310 g/mol. The van der Waals surface area contributed by atoms with Gasteiger partial charge in [0.25, 0.3) is 0 Å². The lowest BCUT2D eigenvalue weighted by Crippen LogP contribution is -1.91. The highest BCUT2D eigenvalue weighted by Gasteiger charge is 2.20. The molecule has 0 bridgehead atoms. The Balaban J connectivity index is 3.44. The maximum atomic E-state index is 9.67. The third-order valence-corrected chi connectivity index (χ3v) is 2.35. The average Bonchev–Trinajstić information content (AvgIpc) is 2.02. The van der Waals surface area contributed by atoms with E-state index in [0.29, 0.717) is 5.56 Å². The van der Waals surface area contributed by atoms with Crippen LogP contribution in [-0.2, 0) is 0 Å². The van der Waals surface area contributed by atoms with Gasteiger partial charge in [0.1, 0.15) is 5.75 Å². The predicted octanol–water partition coefficient (Wildman–Crippen LogP) is 2.66. The molecule has 14 heavy (non-hydrogen) atoms. The Hall–Kier alpha value is -0.850. The number of hydrogen-bond acceptors (Lipinski definition) is 4. The molecule has 0 heterocycles. The van der Waals surface area contributed by atoms with Crippen molar-refractivity contribution >= 4 is 23.0 Å². The van der Waals surface area contributed by atoms with E-state index in [1.165, 1.54) is 0 Å². The van der Waals surface area contributed by atoms with Crippen molar-refractivity contribution in [2.75, 3.05) is 0 Å². The molecule has 0 radical (unpaired) electrons. The molecule has 0 fully saturated rings. The molecular weight excluding hydrogens is 299 g/mol. The Morgan fingerprint density at radius 1 is 1.21 bits per heavy atom. The number of hydrogen-bond donors (Lipinski definition) is 3. The van der Waals surface area contributed by atoms with Crippen LogP contribution < -0.4 is 3.07 Å². The van der Waals surface area contributed by atoms with E-state index in [1.807, 2.05) is 13.8 Å². The molecule has 0 aliphatic heterocycles. The van der Waals surface area contributed by atoms with E-state index in [0.717, 1.165) is 6.07 Å². The van der Waals surface area contributed by atoms with E-state index in [-0.39, 0.29) is 28.9 Å². The number of halogens is 1. The smallest absolute Gasteiger partial charge is 0.217 e. The van der Waals surface area contributed by atoms with E-state index in [9.17, 15) is 15.3 Å². The van der Waals surface area contributed by atoms with Crippen molar-refractivity contribution in [1.82, 2.24) is 0 Å². The fraction of sp³-hybridized carbons (Fsp3) is 0.333. The average molecular weight is 310 g/mol. The molecule has 0 spiro atoms. The second kappa shape index (κ2) is 4.12. The van der Waals surface area contributed by atoms with Crippen LogP contribution in [0.1, 0.15) is 25.3 Å². The van der Waals surface area contributed by atoms with Gasteiger partial charge >= 0.3 is 0 Å². The zero-order valence-corrected chi connectivity index (χ0v) is 9.94. The van der Waals surface area contributed by atoms with E-state index < -0.39 is 0 Å². The van der Waals surface area contributed by atoms with Gasteiger partial charge in [0.05, 0.1) is 0 Å². The Bertz CT molecular complexity index is 349. The largest absolute Gasteiger partial charge is 0.507 e. The summed E-state index contributed by atoms with van der Waals surface area (Å²) in [6, 6.07) is 1.16. The summed E-state index contributed by atoms with van der Waals surface area (Å²) in [6.45, 7) is 3.64. The summed E-state index contributed by atoms with van der Waals surface area (Å²) >= 11 is 1.55. The second-order valence-corrected chi connectivity index (χ2v) is 3.68. The van der Waals surface area contributed by atoms with Crippen LogP contribution in [0, 0.1) is 0 Å². The van der Waals surface area contributed by atoms with Gasteiger partial charge in [-0.25, -0.2) is 0 Å². The van der Waals surface area contributed by atoms with Gasteiger partial charge in [-0.05, 0) is 5.92 Å². The highest BCUT2D eigenvalue weighted by Crippen LogP contribution is 2.47. The van der Waals surface area contributed by atoms with Crippen molar-refractivity contribution in [2.24, 2.45) is 0 Å². The van der Waals surface area contributed by atoms with Gasteiger partial charge in [-0.3, -0.25) is 0 Å². The number of benzene rings is 1. The van der Waals surface area contributed by atoms with Gasteiger partial charge in [0, 0.05) is 11.6 Å². The lowest BCUT2D eigenvalue weighted by Gasteiger charge is -2.13. The van der Waals surface area contributed by atoms with E-state index in [4.69, 9.17) is 3.07 Å². The second-order valence-electron chi connectivity index (χ2n) is 3.24. The maximum Gasteiger partial charge on any atom is 0.217 e. The fourth-order valence-corrected chi connectivity index (χ4v) is 1.72. The topological polar surface area (TPSA) is 69.9 Å². The maximum absolute atomic E-state index is 9.67. The standard InChI is InChI=1S/C9H11IO4/c1-4(2)7-5(11)3-6(12)9(14-10)8(7)13/h3-4,11-13H,1-2H3. The molecule has 0 saturated carbocycles. The number of phenolic OH excluding ortho intramolecular Hbond substituents is 3. The van der Waals surface area contributed by atoms with E-state index >= 15 is 0 Å². The third kappa shape index (κ3) is 1.82. The molecule has 1 aromatic carbocycles. The molecule has 1 rings (SSSR count). The van der Waals surface area contributed by atoms with Crippen LogP contribution in [0.15, 0.2) is 6.07 Å². The number of phenols is 3. The first-order chi connectivity index (χ1) is 6.49. The summed E-state index contributed by atoms with van der Waals surface area (Å²) in [6.07, 6.45) is 0. The quantitative estimate of drug-likeness (QED) is 0.735. The lowest BCUT2D eigenvalue weighted by atomic mass is 10.00. The van der Waals surface area contributed by atoms with Crippen molar-refractivity contribution in [2.45, 2.75) is 19.8 Å². The Kier molecular flexibility index (Phi) is 3.30. The summed E-state index contributed by atoms with van der Waals surface area (Å²) in [4.78, 5) is 0. The zero-order valence-electron chi connectivity index (χ0n) is 7.78. The minimum absolute atomic E-state index is 0.0212. The highest BCUT2D eigenvalue weighted by atomic mass is 127. The summed E-state index contributed by atoms with van der Waals surface area (Å²) in [7, 11) is 0. The third-order valence-electron chi connectivity index (χ3n) is 1.91. The van der Waals surface area contributed by atoms with E-state index in [1.54, 1.807) is 23.0 Å². The zero-order chi connectivity index (χ0) is 10.9. The summed E-state index contributed by atoms with van der Waals surface area (Å²) < 4.78 is 4.78. The predicted molar refractivity (Wildman–Crippen MR) is 60.2 cm³/mol. The molecule has 0 aromatic heterocycles. The van der Waals surface area contributed by atoms with Gasteiger partial charge in [-0.2, -0.15) is 0 Å². The van der Waals surface area contributed by atoms with Crippen LogP contribution in [0.3, 0.4) is 0 Å². The fourth-order valence-electron chi connectivity index (χ4n) is 1.28. The molecule has 0 saturated heterocycles. The van der Waals surface area contributed by atoms with Gasteiger partial charge in [-0.1, -0.05) is 13.8 Å². The van der Waals surface area contributed by atoms with Crippen LogP contribution >= 0.6 is 23.0 Å². The minimum Gasteiger partial charge on any atom is -0.507 e. The molecule has 1 aromatic rings. The first-order valence-electron chi connectivity index (χ1n) is 4.05. The lowest BCUT2D eigenvalue weighted by molar-refractivity contribution is 0.396. The highest BCUT2D eigenvalue weighted by molar-refractivity contribution is 14.1. The summed E-state index contributed by atoms with van der Waals surface area (Å²) in [5.74, 6) is -0.703. The number of rotatable bonds is 2. The van der Waals surface area contributed by atoms with Gasteiger partial charge in [-0.15, -0.1) is 0 Å². The molecule has 4 nitrogen and oxygen atoms in total. The van der Waals surface area contributed by atoms with Gasteiger partial charge in [0.15, 0.2) is 34.5 Å². The number of aromatic hydroxyl groups is 3. The molecule has 0 atom stereocenters. The first-order valence-corrected chi connectivity index (χ1v) is 4.93. The molecule has 5 heteroatoms. The van der Waals surface area contributed by atoms with Crippen LogP contribution in [0.4, 0.5) is 0 Å². The Morgan fingerprint density at radius 3 is 2.21 bits per heavy atom. The minimum atomic E-state index is -0.279. The van der Waals surface area contributed by atoms with Crippen LogP contribution in [0.2, 0.25) is 0 Å². The molecule has 78 valence electrons. The van der Waals surface area contributed by atoms with Crippen molar-refractivity contribution < 1.29 is 18.4 Å². The molecule has 0 amide bonds. The van der Waals surface area contributed by atoms with Crippen molar-refractivity contribution in [3.8, 4) is 23.0 Å². The van der Waals surface area contributed by atoms with Crippen molar-refractivity contribution in [1.29, 1.82) is 0 Å². The molecule has 0 unspecified atom stereocenters. The molecule has 3 N–H and O–H groups in total. The molecule has 0 aliphatic carbocycles. The summed E-state index contributed by atoms with van der Waals surface area (Å²) in [5, 5.41) is 28.5. The Morgan fingerprint density at radius 2 is 1.79 bits per heavy atom. The first kappa shape index (κ1) is 11.2. The van der Waals surface area contributed by atoms with Crippen LogP contribution in [0.25, 0.3) is 0 Å². The van der Waals surface area contributed by atoms with E-state index in [2.05, 4.69) is 0 Å².